The number of carbonyl (C=O) groups excluding carboxylic acids is 1. The number of aryl methyl sites for hydroxylation is 2. The summed E-state index contributed by atoms with van der Waals surface area (Å²) >= 11 is 6.25. The maximum Gasteiger partial charge on any atom is 0.275 e. The minimum atomic E-state index is -0.354. The van der Waals surface area contributed by atoms with Crippen LogP contribution in [0.4, 0.5) is 5.69 Å². The molecule has 8 heteroatoms. The first kappa shape index (κ1) is 21.9. The molecule has 0 radical (unpaired) electrons. The van der Waals surface area contributed by atoms with E-state index >= 15 is 0 Å². The number of hydrogen-bond donors (Lipinski definition) is 2. The highest BCUT2D eigenvalue weighted by molar-refractivity contribution is 6.34. The molecule has 0 unspecified atom stereocenters. The lowest BCUT2D eigenvalue weighted by Crippen LogP contribution is -2.19. The van der Waals surface area contributed by atoms with Gasteiger partial charge in [-0.1, -0.05) is 36.7 Å². The Morgan fingerprint density at radius 1 is 1.18 bits per heavy atom. The molecule has 28 heavy (non-hydrogen) atoms. The van der Waals surface area contributed by atoms with Crippen LogP contribution in [0.25, 0.3) is 5.82 Å². The smallest absolute Gasteiger partial charge is 0.275 e. The van der Waals surface area contributed by atoms with Crippen molar-refractivity contribution in [1.82, 2.24) is 20.1 Å². The summed E-state index contributed by atoms with van der Waals surface area (Å²) in [6.45, 7) is 7.40. The number of halogens is 2. The predicted molar refractivity (Wildman–Crippen MR) is 115 cm³/mol. The number of aromatic nitrogens is 3. The zero-order valence-corrected chi connectivity index (χ0v) is 17.6. The van der Waals surface area contributed by atoms with Crippen molar-refractivity contribution in [2.24, 2.45) is 0 Å². The first-order valence-corrected chi connectivity index (χ1v) is 9.17. The van der Waals surface area contributed by atoms with E-state index in [0.29, 0.717) is 17.4 Å². The molecule has 6 nitrogen and oxygen atoms in total. The molecule has 0 bridgehead atoms. The van der Waals surface area contributed by atoms with Crippen LogP contribution in [0.2, 0.25) is 5.02 Å². The molecule has 0 aliphatic heterocycles. The van der Waals surface area contributed by atoms with Crippen LogP contribution in [0.1, 0.15) is 34.4 Å². The Morgan fingerprint density at radius 2 is 1.93 bits per heavy atom. The van der Waals surface area contributed by atoms with E-state index in [1.54, 1.807) is 16.8 Å². The molecule has 1 aromatic carbocycles. The van der Waals surface area contributed by atoms with Crippen LogP contribution in [-0.2, 0) is 6.54 Å². The third-order valence-electron chi connectivity index (χ3n) is 4.10. The van der Waals surface area contributed by atoms with Crippen molar-refractivity contribution < 1.29 is 4.79 Å². The predicted octanol–water partition coefficient (Wildman–Crippen LogP) is 4.32. The third kappa shape index (κ3) is 4.90. The maximum atomic E-state index is 12.8. The molecular weight excluding hydrogens is 397 g/mol. The highest BCUT2D eigenvalue weighted by atomic mass is 35.5. The molecule has 1 amide bonds. The second-order valence-electron chi connectivity index (χ2n) is 6.23. The number of para-hydroxylation sites is 1. The molecule has 0 aliphatic rings. The van der Waals surface area contributed by atoms with Crippen LogP contribution < -0.4 is 10.6 Å². The number of nitrogens with one attached hydrogen (secondary N) is 2. The van der Waals surface area contributed by atoms with Gasteiger partial charge < -0.3 is 10.6 Å². The highest BCUT2D eigenvalue weighted by Gasteiger charge is 2.16. The molecule has 0 saturated heterocycles. The number of nitrogens with zero attached hydrogens (tertiary/aromatic N) is 3. The van der Waals surface area contributed by atoms with E-state index in [4.69, 9.17) is 11.6 Å². The minimum absolute atomic E-state index is 0. The van der Waals surface area contributed by atoms with Crippen molar-refractivity contribution >= 4 is 35.6 Å². The number of pyridine rings is 1. The van der Waals surface area contributed by atoms with E-state index in [9.17, 15) is 4.79 Å². The van der Waals surface area contributed by atoms with Crippen molar-refractivity contribution in [3.63, 3.8) is 0 Å². The molecule has 0 saturated carbocycles. The second kappa shape index (κ2) is 9.68. The fourth-order valence-corrected chi connectivity index (χ4v) is 3.00. The summed E-state index contributed by atoms with van der Waals surface area (Å²) in [6, 6.07) is 13.0. The van der Waals surface area contributed by atoms with Gasteiger partial charge in [0.25, 0.3) is 5.91 Å². The molecule has 148 valence electrons. The Labute approximate surface area is 175 Å². The van der Waals surface area contributed by atoms with Gasteiger partial charge in [0.15, 0.2) is 5.82 Å². The van der Waals surface area contributed by atoms with Crippen LogP contribution in [-0.4, -0.2) is 27.2 Å². The largest absolute Gasteiger partial charge is 0.320 e. The zero-order valence-electron chi connectivity index (χ0n) is 16.0. The second-order valence-corrected chi connectivity index (χ2v) is 6.64. The lowest BCUT2D eigenvalue weighted by molar-refractivity contribution is 0.102. The lowest BCUT2D eigenvalue weighted by atomic mass is 10.1. The molecule has 0 fully saturated rings. The number of benzene rings is 1. The van der Waals surface area contributed by atoms with E-state index in [-0.39, 0.29) is 24.0 Å². The lowest BCUT2D eigenvalue weighted by Gasteiger charge is -2.12. The number of rotatable bonds is 6. The van der Waals surface area contributed by atoms with Gasteiger partial charge in [0.1, 0.15) is 5.69 Å². The van der Waals surface area contributed by atoms with Crippen LogP contribution in [0.5, 0.6) is 0 Å². The molecule has 2 N–H and O–H groups in total. The van der Waals surface area contributed by atoms with Crippen molar-refractivity contribution in [3.05, 3.63) is 70.1 Å². The Morgan fingerprint density at radius 3 is 2.61 bits per heavy atom. The average molecular weight is 420 g/mol. The molecule has 0 aliphatic carbocycles. The van der Waals surface area contributed by atoms with Gasteiger partial charge >= 0.3 is 0 Å². The fourth-order valence-electron chi connectivity index (χ4n) is 2.81. The first-order valence-electron chi connectivity index (χ1n) is 8.79. The third-order valence-corrected chi connectivity index (χ3v) is 4.41. The van der Waals surface area contributed by atoms with Crippen molar-refractivity contribution in [1.29, 1.82) is 0 Å². The Kier molecular flexibility index (Phi) is 7.57. The van der Waals surface area contributed by atoms with E-state index in [1.165, 1.54) is 0 Å². The summed E-state index contributed by atoms with van der Waals surface area (Å²) in [4.78, 5) is 17.3. The van der Waals surface area contributed by atoms with E-state index < -0.39 is 0 Å². The van der Waals surface area contributed by atoms with Gasteiger partial charge in [0.05, 0.1) is 10.7 Å². The first-order chi connectivity index (χ1) is 13.0. The van der Waals surface area contributed by atoms with Crippen molar-refractivity contribution in [2.45, 2.75) is 27.3 Å². The zero-order chi connectivity index (χ0) is 19.4. The maximum absolute atomic E-state index is 12.8. The molecule has 3 rings (SSSR count). The number of anilines is 1. The van der Waals surface area contributed by atoms with E-state index in [0.717, 1.165) is 29.2 Å². The minimum Gasteiger partial charge on any atom is -0.320 e. The van der Waals surface area contributed by atoms with Crippen molar-refractivity contribution in [3.8, 4) is 5.82 Å². The molecule has 0 atom stereocenters. The SMILES string of the molecule is CCNCc1ccccc1NC(=O)c1nc(-n2nc(C)cc2C)ccc1Cl.Cl. The quantitative estimate of drug-likeness (QED) is 0.623. The summed E-state index contributed by atoms with van der Waals surface area (Å²) in [5.41, 5.74) is 3.72. The monoisotopic (exact) mass is 419 g/mol. The molecule has 2 aromatic heterocycles. The average Bonchev–Trinajstić information content (AvgIpc) is 2.99. The van der Waals surface area contributed by atoms with Gasteiger partial charge in [0, 0.05) is 17.9 Å². The van der Waals surface area contributed by atoms with Crippen LogP contribution in [0.3, 0.4) is 0 Å². The summed E-state index contributed by atoms with van der Waals surface area (Å²) in [5, 5.41) is 10.9. The van der Waals surface area contributed by atoms with Gasteiger partial charge in [0.2, 0.25) is 0 Å². The Balaban J connectivity index is 0.00000280. The normalized spacial score (nSPS) is 10.4. The molecule has 0 spiro atoms. The summed E-state index contributed by atoms with van der Waals surface area (Å²) in [6.07, 6.45) is 0. The van der Waals surface area contributed by atoms with Crippen LogP contribution >= 0.6 is 24.0 Å². The molecule has 2 heterocycles. The molecular formula is C20H23Cl2N5O. The van der Waals surface area contributed by atoms with Gasteiger partial charge in [-0.2, -0.15) is 5.10 Å². The van der Waals surface area contributed by atoms with Gasteiger partial charge in [-0.3, -0.25) is 4.79 Å². The summed E-state index contributed by atoms with van der Waals surface area (Å²) < 4.78 is 1.70. The number of hydrogen-bond acceptors (Lipinski definition) is 4. The van der Waals surface area contributed by atoms with Crippen molar-refractivity contribution in [2.75, 3.05) is 11.9 Å². The van der Waals surface area contributed by atoms with Crippen LogP contribution in [0.15, 0.2) is 42.5 Å². The molecule has 3 aromatic rings. The van der Waals surface area contributed by atoms with Crippen LogP contribution in [0, 0.1) is 13.8 Å². The Bertz CT molecular complexity index is 971. The summed E-state index contributed by atoms with van der Waals surface area (Å²) in [7, 11) is 0. The van der Waals surface area contributed by atoms with E-state index in [2.05, 4.69) is 20.7 Å². The highest BCUT2D eigenvalue weighted by Crippen LogP contribution is 2.21. The van der Waals surface area contributed by atoms with E-state index in [1.807, 2.05) is 51.1 Å². The standard InChI is InChI=1S/C20H22ClN5O.ClH/c1-4-22-12-15-7-5-6-8-17(15)23-20(27)19-16(21)9-10-18(24-19)26-14(3)11-13(2)25-26;/h5-11,22H,4,12H2,1-3H3,(H,23,27);1H. The van der Waals surface area contributed by atoms with Gasteiger partial charge in [-0.15, -0.1) is 12.4 Å². The fraction of sp³-hybridized carbons (Fsp3) is 0.250. The van der Waals surface area contributed by atoms with Gasteiger partial charge in [-0.05, 0) is 50.2 Å². The Hall–Kier alpha value is -2.41. The number of carbonyl (C=O) groups is 1. The summed E-state index contributed by atoms with van der Waals surface area (Å²) in [5.74, 6) is 0.198. The topological polar surface area (TPSA) is 71.8 Å². The number of amides is 1. The van der Waals surface area contributed by atoms with Gasteiger partial charge in [-0.25, -0.2) is 9.67 Å².